The van der Waals surface area contributed by atoms with Crippen molar-refractivity contribution in [2.45, 2.75) is 19.2 Å². The summed E-state index contributed by atoms with van der Waals surface area (Å²) in [6.45, 7) is -0.301. The fourth-order valence-corrected chi connectivity index (χ4v) is 1.65. The van der Waals surface area contributed by atoms with Crippen LogP contribution in [0, 0.1) is 0 Å². The molecule has 0 bridgehead atoms. The first kappa shape index (κ1) is 12.6. The number of hydrogen-bond donors (Lipinski definition) is 1. The maximum Gasteiger partial charge on any atom is 0.416 e. The number of rotatable bonds is 3. The zero-order valence-corrected chi connectivity index (χ0v) is 9.24. The molecule has 0 fully saturated rings. The highest BCUT2D eigenvalue weighted by molar-refractivity contribution is 5.32. The van der Waals surface area contributed by atoms with E-state index >= 15 is 0 Å². The van der Waals surface area contributed by atoms with Crippen LogP contribution in [0.3, 0.4) is 0 Å². The van der Waals surface area contributed by atoms with Gasteiger partial charge >= 0.3 is 6.18 Å². The fourth-order valence-electron chi connectivity index (χ4n) is 1.65. The second-order valence-electron chi connectivity index (χ2n) is 3.77. The van der Waals surface area contributed by atoms with Gasteiger partial charge in [-0.2, -0.15) is 13.2 Å². The van der Waals surface area contributed by atoms with E-state index in [4.69, 9.17) is 9.63 Å². The van der Waals surface area contributed by atoms with E-state index in [0.29, 0.717) is 5.69 Å². The SMILES string of the molecule is OCc1cc(Cc2ccccc2C(F)(F)F)on1. The molecule has 1 N–H and O–H groups in total. The van der Waals surface area contributed by atoms with Crippen molar-refractivity contribution in [2.75, 3.05) is 0 Å². The van der Waals surface area contributed by atoms with Crippen molar-refractivity contribution in [2.24, 2.45) is 0 Å². The van der Waals surface area contributed by atoms with E-state index in [1.54, 1.807) is 0 Å². The molecule has 18 heavy (non-hydrogen) atoms. The van der Waals surface area contributed by atoms with Gasteiger partial charge in [-0.15, -0.1) is 0 Å². The van der Waals surface area contributed by atoms with Gasteiger partial charge in [0.15, 0.2) is 0 Å². The monoisotopic (exact) mass is 257 g/mol. The van der Waals surface area contributed by atoms with Crippen LogP contribution in [0.5, 0.6) is 0 Å². The summed E-state index contributed by atoms with van der Waals surface area (Å²) in [5, 5.41) is 12.3. The number of halogens is 3. The van der Waals surface area contributed by atoms with Crippen LogP contribution in [0.2, 0.25) is 0 Å². The molecule has 1 aromatic heterocycles. The van der Waals surface area contributed by atoms with Crippen molar-refractivity contribution in [1.29, 1.82) is 0 Å². The topological polar surface area (TPSA) is 46.3 Å². The molecule has 0 aliphatic heterocycles. The molecule has 0 amide bonds. The maximum atomic E-state index is 12.7. The molecule has 3 nitrogen and oxygen atoms in total. The smallest absolute Gasteiger partial charge is 0.390 e. The minimum absolute atomic E-state index is 0.0112. The van der Waals surface area contributed by atoms with E-state index in [1.165, 1.54) is 24.3 Å². The largest absolute Gasteiger partial charge is 0.416 e. The molecule has 0 aliphatic rings. The third-order valence-electron chi connectivity index (χ3n) is 2.46. The van der Waals surface area contributed by atoms with E-state index < -0.39 is 11.7 Å². The first-order valence-corrected chi connectivity index (χ1v) is 5.21. The molecule has 0 atom stereocenters. The molecule has 1 aromatic carbocycles. The highest BCUT2D eigenvalue weighted by Crippen LogP contribution is 2.32. The van der Waals surface area contributed by atoms with E-state index in [9.17, 15) is 13.2 Å². The third-order valence-corrected chi connectivity index (χ3v) is 2.46. The van der Waals surface area contributed by atoms with E-state index in [2.05, 4.69) is 5.16 Å². The van der Waals surface area contributed by atoms with Crippen LogP contribution >= 0.6 is 0 Å². The molecular formula is C12H10F3NO2. The Balaban J connectivity index is 2.29. The number of alkyl halides is 3. The van der Waals surface area contributed by atoms with Gasteiger partial charge in [-0.05, 0) is 11.6 Å². The first-order chi connectivity index (χ1) is 8.50. The standard InChI is InChI=1S/C12H10F3NO2/c13-12(14,15)11-4-2-1-3-8(11)5-10-6-9(7-17)16-18-10/h1-4,6,17H,5,7H2. The van der Waals surface area contributed by atoms with Gasteiger partial charge in [0.1, 0.15) is 11.5 Å². The Labute approximate surface area is 101 Å². The summed E-state index contributed by atoms with van der Waals surface area (Å²) in [5.74, 6) is 0.288. The number of benzene rings is 1. The van der Waals surface area contributed by atoms with Gasteiger partial charge in [-0.25, -0.2) is 0 Å². The second kappa shape index (κ2) is 4.81. The van der Waals surface area contributed by atoms with Crippen LogP contribution in [0.4, 0.5) is 13.2 Å². The Bertz CT molecular complexity index is 534. The predicted octanol–water partition coefficient (Wildman–Crippen LogP) is 2.78. The number of aliphatic hydroxyl groups excluding tert-OH is 1. The number of aromatic nitrogens is 1. The number of nitrogens with zero attached hydrogens (tertiary/aromatic N) is 1. The summed E-state index contributed by atoms with van der Waals surface area (Å²) in [5.41, 5.74) is -0.271. The van der Waals surface area contributed by atoms with Crippen molar-refractivity contribution in [3.63, 3.8) is 0 Å². The highest BCUT2D eigenvalue weighted by Gasteiger charge is 2.33. The molecule has 2 aromatic rings. The highest BCUT2D eigenvalue weighted by atomic mass is 19.4. The number of aliphatic hydroxyl groups is 1. The molecule has 0 saturated heterocycles. The number of hydrogen-bond acceptors (Lipinski definition) is 3. The summed E-state index contributed by atoms with van der Waals surface area (Å²) in [7, 11) is 0. The van der Waals surface area contributed by atoms with Crippen molar-refractivity contribution in [1.82, 2.24) is 5.16 Å². The molecule has 0 aliphatic carbocycles. The summed E-state index contributed by atoms with van der Waals surface area (Å²) in [4.78, 5) is 0. The van der Waals surface area contributed by atoms with E-state index in [1.807, 2.05) is 0 Å². The lowest BCUT2D eigenvalue weighted by Gasteiger charge is -2.11. The molecule has 1 heterocycles. The van der Waals surface area contributed by atoms with Gasteiger partial charge in [-0.1, -0.05) is 23.4 Å². The third kappa shape index (κ3) is 2.70. The summed E-state index contributed by atoms with van der Waals surface area (Å²) in [6.07, 6.45) is -4.40. The van der Waals surface area contributed by atoms with Crippen molar-refractivity contribution in [3.05, 3.63) is 52.9 Å². The average Bonchev–Trinajstić information content (AvgIpc) is 2.76. The predicted molar refractivity (Wildman–Crippen MR) is 56.7 cm³/mol. The second-order valence-corrected chi connectivity index (χ2v) is 3.77. The zero-order chi connectivity index (χ0) is 13.2. The quantitative estimate of drug-likeness (QED) is 0.919. The van der Waals surface area contributed by atoms with E-state index in [0.717, 1.165) is 6.07 Å². The lowest BCUT2D eigenvalue weighted by atomic mass is 10.0. The molecular weight excluding hydrogens is 247 g/mol. The van der Waals surface area contributed by atoms with E-state index in [-0.39, 0.29) is 24.4 Å². The fraction of sp³-hybridized carbons (Fsp3) is 0.250. The summed E-state index contributed by atoms with van der Waals surface area (Å²) in [6, 6.07) is 6.73. The van der Waals surface area contributed by atoms with Gasteiger partial charge in [0.25, 0.3) is 0 Å². The van der Waals surface area contributed by atoms with Crippen LogP contribution in [-0.4, -0.2) is 10.3 Å². The van der Waals surface area contributed by atoms with Crippen LogP contribution in [0.15, 0.2) is 34.9 Å². The Hall–Kier alpha value is -1.82. The van der Waals surface area contributed by atoms with Crippen molar-refractivity contribution < 1.29 is 22.8 Å². The Morgan fingerprint density at radius 3 is 2.56 bits per heavy atom. The summed E-state index contributed by atoms with van der Waals surface area (Å²) < 4.78 is 43.1. The van der Waals surface area contributed by atoms with Crippen molar-refractivity contribution >= 4 is 0 Å². The van der Waals surface area contributed by atoms with Gasteiger partial charge < -0.3 is 9.63 Å². The zero-order valence-electron chi connectivity index (χ0n) is 9.24. The molecule has 0 saturated carbocycles. The molecule has 0 radical (unpaired) electrons. The normalized spacial score (nSPS) is 11.8. The minimum atomic E-state index is -4.39. The van der Waals surface area contributed by atoms with Gasteiger partial charge in [0, 0.05) is 12.5 Å². The van der Waals surface area contributed by atoms with Crippen LogP contribution in [0.1, 0.15) is 22.6 Å². The van der Waals surface area contributed by atoms with Gasteiger partial charge in [0.2, 0.25) is 0 Å². The lowest BCUT2D eigenvalue weighted by Crippen LogP contribution is -2.09. The van der Waals surface area contributed by atoms with Crippen LogP contribution < -0.4 is 0 Å². The Morgan fingerprint density at radius 1 is 1.22 bits per heavy atom. The van der Waals surface area contributed by atoms with Gasteiger partial charge in [-0.3, -0.25) is 0 Å². The molecule has 0 unspecified atom stereocenters. The molecule has 0 spiro atoms. The average molecular weight is 257 g/mol. The Kier molecular flexibility index (Phi) is 3.38. The first-order valence-electron chi connectivity index (χ1n) is 5.21. The Morgan fingerprint density at radius 2 is 1.94 bits per heavy atom. The van der Waals surface area contributed by atoms with Gasteiger partial charge in [0.05, 0.1) is 12.2 Å². The van der Waals surface area contributed by atoms with Crippen molar-refractivity contribution in [3.8, 4) is 0 Å². The van der Waals surface area contributed by atoms with Crippen LogP contribution in [0.25, 0.3) is 0 Å². The molecule has 96 valence electrons. The molecule has 6 heteroatoms. The summed E-state index contributed by atoms with van der Waals surface area (Å²) >= 11 is 0. The van der Waals surface area contributed by atoms with Crippen LogP contribution in [-0.2, 0) is 19.2 Å². The maximum absolute atomic E-state index is 12.7. The minimum Gasteiger partial charge on any atom is -0.390 e. The molecule has 2 rings (SSSR count). The lowest BCUT2D eigenvalue weighted by molar-refractivity contribution is -0.138.